The lowest BCUT2D eigenvalue weighted by molar-refractivity contribution is 0.407. The summed E-state index contributed by atoms with van der Waals surface area (Å²) in [5.74, 6) is 0.772. The van der Waals surface area contributed by atoms with E-state index in [-0.39, 0.29) is 6.04 Å². The van der Waals surface area contributed by atoms with E-state index in [0.717, 1.165) is 26.9 Å². The molecule has 2 nitrogen and oxygen atoms in total. The van der Waals surface area contributed by atoms with Crippen molar-refractivity contribution in [2.45, 2.75) is 13.0 Å². The van der Waals surface area contributed by atoms with Crippen molar-refractivity contribution in [3.05, 3.63) is 62.6 Å². The minimum atomic E-state index is -0.320. The first-order chi connectivity index (χ1) is 9.04. The lowest BCUT2D eigenvalue weighted by Crippen LogP contribution is -2.14. The van der Waals surface area contributed by atoms with Gasteiger partial charge in [-0.2, -0.15) is 0 Å². The van der Waals surface area contributed by atoms with E-state index in [4.69, 9.17) is 22.1 Å². The van der Waals surface area contributed by atoms with Gasteiger partial charge in [0.05, 0.1) is 18.2 Å². The number of rotatable bonds is 3. The number of halogens is 2. The molecule has 2 aromatic rings. The topological polar surface area (TPSA) is 35.2 Å². The number of ether oxygens (including phenoxy) is 1. The van der Waals surface area contributed by atoms with Crippen LogP contribution in [0.15, 0.2) is 40.9 Å². The van der Waals surface area contributed by atoms with Gasteiger partial charge < -0.3 is 10.5 Å². The Morgan fingerprint density at radius 3 is 2.63 bits per heavy atom. The Balaban J connectivity index is 2.52. The molecule has 1 atom stereocenters. The molecular weight excluding hydrogens is 326 g/mol. The van der Waals surface area contributed by atoms with Gasteiger partial charge in [-0.15, -0.1) is 0 Å². The van der Waals surface area contributed by atoms with E-state index in [1.165, 1.54) is 0 Å². The number of benzene rings is 2. The fraction of sp³-hybridized carbons (Fsp3) is 0.200. The number of aryl methyl sites for hydroxylation is 1. The number of hydrogen-bond acceptors (Lipinski definition) is 2. The first kappa shape index (κ1) is 14.4. The van der Waals surface area contributed by atoms with Crippen LogP contribution in [0.25, 0.3) is 0 Å². The molecule has 0 saturated heterocycles. The van der Waals surface area contributed by atoms with E-state index in [1.807, 2.05) is 43.3 Å². The Morgan fingerprint density at radius 2 is 1.95 bits per heavy atom. The van der Waals surface area contributed by atoms with E-state index < -0.39 is 0 Å². The van der Waals surface area contributed by atoms with Gasteiger partial charge in [0.25, 0.3) is 0 Å². The zero-order chi connectivity index (χ0) is 14.0. The summed E-state index contributed by atoms with van der Waals surface area (Å²) < 4.78 is 6.22. The molecule has 100 valence electrons. The maximum atomic E-state index is 6.35. The molecule has 0 radical (unpaired) electrons. The molecule has 4 heteroatoms. The maximum absolute atomic E-state index is 6.35. The van der Waals surface area contributed by atoms with Gasteiger partial charge >= 0.3 is 0 Å². The lowest BCUT2D eigenvalue weighted by Gasteiger charge is -2.18. The van der Waals surface area contributed by atoms with Gasteiger partial charge in [0.15, 0.2) is 0 Å². The first-order valence-corrected chi connectivity index (χ1v) is 7.05. The van der Waals surface area contributed by atoms with Crippen molar-refractivity contribution < 1.29 is 4.74 Å². The summed E-state index contributed by atoms with van der Waals surface area (Å²) in [4.78, 5) is 0. The first-order valence-electron chi connectivity index (χ1n) is 5.88. The number of nitrogens with two attached hydrogens (primary N) is 1. The molecule has 0 amide bonds. The molecule has 0 fully saturated rings. The van der Waals surface area contributed by atoms with Gasteiger partial charge in [-0.1, -0.05) is 41.4 Å². The minimum absolute atomic E-state index is 0.320. The minimum Gasteiger partial charge on any atom is -0.496 e. The normalized spacial score (nSPS) is 12.3. The zero-order valence-electron chi connectivity index (χ0n) is 10.8. The molecule has 2 aromatic carbocycles. The molecule has 0 bridgehead atoms. The third-order valence-corrected chi connectivity index (χ3v) is 4.35. The SMILES string of the molecule is COc1ccc(C)cc1C(N)c1cccc(Br)c1Cl. The molecule has 1 unspecified atom stereocenters. The molecule has 0 aromatic heterocycles. The Kier molecular flexibility index (Phi) is 4.50. The van der Waals surface area contributed by atoms with Gasteiger partial charge in [-0.25, -0.2) is 0 Å². The molecule has 19 heavy (non-hydrogen) atoms. The summed E-state index contributed by atoms with van der Waals surface area (Å²) in [7, 11) is 1.64. The third kappa shape index (κ3) is 2.94. The number of hydrogen-bond donors (Lipinski definition) is 1. The van der Waals surface area contributed by atoms with Crippen LogP contribution in [0.2, 0.25) is 5.02 Å². The van der Waals surface area contributed by atoms with Gasteiger partial charge in [0, 0.05) is 10.0 Å². The highest BCUT2D eigenvalue weighted by molar-refractivity contribution is 9.10. The van der Waals surface area contributed by atoms with Crippen LogP contribution < -0.4 is 10.5 Å². The molecule has 0 saturated carbocycles. The Bertz CT molecular complexity index is 601. The van der Waals surface area contributed by atoms with Crippen LogP contribution >= 0.6 is 27.5 Å². The molecule has 0 aliphatic carbocycles. The largest absolute Gasteiger partial charge is 0.496 e. The second-order valence-corrected chi connectivity index (χ2v) is 5.60. The molecule has 0 spiro atoms. The average molecular weight is 341 g/mol. The van der Waals surface area contributed by atoms with Gasteiger partial charge in [0.1, 0.15) is 5.75 Å². The number of methoxy groups -OCH3 is 1. The summed E-state index contributed by atoms with van der Waals surface area (Å²) in [6.45, 7) is 2.03. The van der Waals surface area contributed by atoms with Gasteiger partial charge in [-0.3, -0.25) is 0 Å². The fourth-order valence-electron chi connectivity index (χ4n) is 2.03. The van der Waals surface area contributed by atoms with Crippen molar-refractivity contribution in [2.24, 2.45) is 5.73 Å². The standard InChI is InChI=1S/C15H15BrClNO/c1-9-6-7-13(19-2)11(8-9)15(18)10-4-3-5-12(16)14(10)17/h3-8,15H,18H2,1-2H3. The summed E-state index contributed by atoms with van der Waals surface area (Å²) in [6, 6.07) is 11.4. The summed E-state index contributed by atoms with van der Waals surface area (Å²) in [5, 5.41) is 0.638. The average Bonchev–Trinajstić information content (AvgIpc) is 2.41. The summed E-state index contributed by atoms with van der Waals surface area (Å²) >= 11 is 9.72. The van der Waals surface area contributed by atoms with Gasteiger partial charge in [0.2, 0.25) is 0 Å². The fourth-order valence-corrected chi connectivity index (χ4v) is 2.65. The lowest BCUT2D eigenvalue weighted by atomic mass is 9.97. The predicted octanol–water partition coefficient (Wildman–Crippen LogP) is 4.47. The summed E-state index contributed by atoms with van der Waals surface area (Å²) in [5.41, 5.74) is 9.29. The molecule has 2 N–H and O–H groups in total. The highest BCUT2D eigenvalue weighted by Gasteiger charge is 2.17. The second-order valence-electron chi connectivity index (χ2n) is 4.37. The Labute approximate surface area is 126 Å². The van der Waals surface area contributed by atoms with Crippen molar-refractivity contribution in [1.82, 2.24) is 0 Å². The van der Waals surface area contributed by atoms with Crippen LogP contribution in [-0.2, 0) is 0 Å². The van der Waals surface area contributed by atoms with E-state index in [2.05, 4.69) is 15.9 Å². The van der Waals surface area contributed by atoms with Crippen LogP contribution in [0.1, 0.15) is 22.7 Å². The van der Waals surface area contributed by atoms with E-state index in [9.17, 15) is 0 Å². The third-order valence-electron chi connectivity index (χ3n) is 3.04. The van der Waals surface area contributed by atoms with Crippen molar-refractivity contribution in [3.8, 4) is 5.75 Å². The monoisotopic (exact) mass is 339 g/mol. The predicted molar refractivity (Wildman–Crippen MR) is 82.9 cm³/mol. The zero-order valence-corrected chi connectivity index (χ0v) is 13.1. The highest BCUT2D eigenvalue weighted by atomic mass is 79.9. The van der Waals surface area contributed by atoms with E-state index >= 15 is 0 Å². The summed E-state index contributed by atoms with van der Waals surface area (Å²) in [6.07, 6.45) is 0. The second kappa shape index (κ2) is 5.95. The van der Waals surface area contributed by atoms with Crippen molar-refractivity contribution in [2.75, 3.05) is 7.11 Å². The Hall–Kier alpha value is -1.03. The Morgan fingerprint density at radius 1 is 1.21 bits per heavy atom. The molecular formula is C15H15BrClNO. The van der Waals surface area contributed by atoms with Crippen molar-refractivity contribution in [1.29, 1.82) is 0 Å². The molecule has 0 aliphatic rings. The molecule has 0 heterocycles. The van der Waals surface area contributed by atoms with E-state index in [1.54, 1.807) is 7.11 Å². The van der Waals surface area contributed by atoms with Crippen molar-refractivity contribution >= 4 is 27.5 Å². The van der Waals surface area contributed by atoms with Crippen LogP contribution in [0.3, 0.4) is 0 Å². The van der Waals surface area contributed by atoms with Gasteiger partial charge in [-0.05, 0) is 40.5 Å². The highest BCUT2D eigenvalue weighted by Crippen LogP contribution is 2.35. The smallest absolute Gasteiger partial charge is 0.123 e. The molecule has 2 rings (SSSR count). The van der Waals surface area contributed by atoms with E-state index in [0.29, 0.717) is 5.02 Å². The van der Waals surface area contributed by atoms with Crippen molar-refractivity contribution in [3.63, 3.8) is 0 Å². The van der Waals surface area contributed by atoms with Crippen LogP contribution in [0.4, 0.5) is 0 Å². The molecule has 0 aliphatic heterocycles. The van der Waals surface area contributed by atoms with Crippen LogP contribution in [0, 0.1) is 6.92 Å². The van der Waals surface area contributed by atoms with Crippen LogP contribution in [-0.4, -0.2) is 7.11 Å². The quantitative estimate of drug-likeness (QED) is 0.895. The van der Waals surface area contributed by atoms with Crippen LogP contribution in [0.5, 0.6) is 5.75 Å². The maximum Gasteiger partial charge on any atom is 0.123 e.